The van der Waals surface area contributed by atoms with Crippen LogP contribution in [0.25, 0.3) is 0 Å². The summed E-state index contributed by atoms with van der Waals surface area (Å²) >= 11 is 0. The number of rotatable bonds is 3. The van der Waals surface area contributed by atoms with Crippen molar-refractivity contribution < 1.29 is 9.59 Å². The molecule has 0 aromatic heterocycles. The highest BCUT2D eigenvalue weighted by atomic mass is 16.2. The van der Waals surface area contributed by atoms with E-state index in [4.69, 9.17) is 6.42 Å². The van der Waals surface area contributed by atoms with Crippen LogP contribution in [0.1, 0.15) is 33.6 Å². The third-order valence-corrected chi connectivity index (χ3v) is 2.91. The van der Waals surface area contributed by atoms with Crippen molar-refractivity contribution in [1.82, 2.24) is 10.2 Å². The predicted molar refractivity (Wildman–Crippen MR) is 66.0 cm³/mol. The summed E-state index contributed by atoms with van der Waals surface area (Å²) in [5, 5.41) is 2.77. The molecule has 94 valence electrons. The first-order chi connectivity index (χ1) is 7.95. The van der Waals surface area contributed by atoms with Crippen molar-refractivity contribution in [2.45, 2.75) is 45.7 Å². The van der Waals surface area contributed by atoms with Gasteiger partial charge in [0, 0.05) is 13.0 Å². The maximum Gasteiger partial charge on any atom is 0.246 e. The SMILES string of the molecule is C#CC(C)N1CCC(=O)NC(CC(C)C)C1=O. The van der Waals surface area contributed by atoms with Crippen molar-refractivity contribution in [3.8, 4) is 12.3 Å². The van der Waals surface area contributed by atoms with E-state index in [0.717, 1.165) is 0 Å². The fourth-order valence-corrected chi connectivity index (χ4v) is 1.97. The Hall–Kier alpha value is -1.50. The second-order valence-electron chi connectivity index (χ2n) is 4.87. The van der Waals surface area contributed by atoms with Gasteiger partial charge in [-0.3, -0.25) is 9.59 Å². The average molecular weight is 236 g/mol. The number of nitrogens with one attached hydrogen (secondary N) is 1. The molecule has 0 aromatic carbocycles. The second kappa shape index (κ2) is 5.72. The Morgan fingerprint density at radius 1 is 1.47 bits per heavy atom. The molecule has 1 heterocycles. The van der Waals surface area contributed by atoms with Crippen molar-refractivity contribution in [3.63, 3.8) is 0 Å². The molecule has 4 heteroatoms. The molecule has 2 amide bonds. The Bertz CT molecular complexity index is 344. The first-order valence-electron chi connectivity index (χ1n) is 6.01. The second-order valence-corrected chi connectivity index (χ2v) is 4.87. The molecule has 0 saturated carbocycles. The van der Waals surface area contributed by atoms with Crippen LogP contribution in [-0.4, -0.2) is 35.3 Å². The van der Waals surface area contributed by atoms with E-state index in [1.165, 1.54) is 0 Å². The number of nitrogens with zero attached hydrogens (tertiary/aromatic N) is 1. The van der Waals surface area contributed by atoms with E-state index in [1.54, 1.807) is 11.8 Å². The van der Waals surface area contributed by atoms with Crippen LogP contribution in [0.5, 0.6) is 0 Å². The number of carbonyl (C=O) groups is 2. The lowest BCUT2D eigenvalue weighted by molar-refractivity contribution is -0.134. The Morgan fingerprint density at radius 3 is 2.65 bits per heavy atom. The van der Waals surface area contributed by atoms with Crippen LogP contribution >= 0.6 is 0 Å². The molecule has 1 aliphatic heterocycles. The van der Waals surface area contributed by atoms with E-state index in [9.17, 15) is 9.59 Å². The third-order valence-electron chi connectivity index (χ3n) is 2.91. The lowest BCUT2D eigenvalue weighted by atomic mass is 10.0. The van der Waals surface area contributed by atoms with Crippen LogP contribution in [0, 0.1) is 18.3 Å². The molecule has 0 spiro atoms. The standard InChI is InChI=1S/C13H20N2O2/c1-5-10(4)15-7-6-12(16)14-11(13(15)17)8-9(2)3/h1,9-11H,6-8H2,2-4H3,(H,14,16). The van der Waals surface area contributed by atoms with Crippen molar-refractivity contribution in [2.24, 2.45) is 5.92 Å². The minimum atomic E-state index is -0.430. The normalized spacial score (nSPS) is 23.0. The lowest BCUT2D eigenvalue weighted by Gasteiger charge is -2.27. The van der Waals surface area contributed by atoms with Gasteiger partial charge < -0.3 is 10.2 Å². The van der Waals surface area contributed by atoms with Gasteiger partial charge in [0.05, 0.1) is 6.04 Å². The van der Waals surface area contributed by atoms with Gasteiger partial charge in [-0.15, -0.1) is 6.42 Å². The quantitative estimate of drug-likeness (QED) is 0.736. The maximum atomic E-state index is 12.2. The molecule has 0 radical (unpaired) electrons. The molecular weight excluding hydrogens is 216 g/mol. The summed E-state index contributed by atoms with van der Waals surface area (Å²) < 4.78 is 0. The van der Waals surface area contributed by atoms with Crippen LogP contribution in [-0.2, 0) is 9.59 Å². The minimum absolute atomic E-state index is 0.0602. The monoisotopic (exact) mass is 236 g/mol. The molecule has 4 nitrogen and oxygen atoms in total. The first-order valence-corrected chi connectivity index (χ1v) is 6.01. The molecular formula is C13H20N2O2. The van der Waals surface area contributed by atoms with E-state index in [2.05, 4.69) is 11.2 Å². The van der Waals surface area contributed by atoms with Crippen LogP contribution in [0.2, 0.25) is 0 Å². The van der Waals surface area contributed by atoms with E-state index in [0.29, 0.717) is 25.3 Å². The fourth-order valence-electron chi connectivity index (χ4n) is 1.97. The summed E-state index contributed by atoms with van der Waals surface area (Å²) in [4.78, 5) is 25.4. The highest BCUT2D eigenvalue weighted by Crippen LogP contribution is 2.13. The highest BCUT2D eigenvalue weighted by Gasteiger charge is 2.31. The maximum absolute atomic E-state index is 12.2. The summed E-state index contributed by atoms with van der Waals surface area (Å²) in [6, 6.07) is -0.689. The zero-order valence-electron chi connectivity index (χ0n) is 10.7. The Balaban J connectivity index is 2.85. The number of amides is 2. The van der Waals surface area contributed by atoms with Crippen molar-refractivity contribution in [3.05, 3.63) is 0 Å². The Labute approximate surface area is 103 Å². The van der Waals surface area contributed by atoms with Gasteiger partial charge in [0.1, 0.15) is 6.04 Å². The average Bonchev–Trinajstić information content (AvgIpc) is 2.38. The summed E-state index contributed by atoms with van der Waals surface area (Å²) in [5.41, 5.74) is 0. The van der Waals surface area contributed by atoms with Crippen LogP contribution in [0.15, 0.2) is 0 Å². The van der Waals surface area contributed by atoms with E-state index < -0.39 is 6.04 Å². The predicted octanol–water partition coefficient (Wildman–Crippen LogP) is 0.771. The van der Waals surface area contributed by atoms with Crippen LogP contribution in [0.3, 0.4) is 0 Å². The van der Waals surface area contributed by atoms with Crippen molar-refractivity contribution >= 4 is 11.8 Å². The van der Waals surface area contributed by atoms with Gasteiger partial charge in [-0.1, -0.05) is 19.8 Å². The Kier molecular flexibility index (Phi) is 4.56. The molecule has 1 N–H and O–H groups in total. The lowest BCUT2D eigenvalue weighted by Crippen LogP contribution is -2.47. The number of terminal acetylenes is 1. The summed E-state index contributed by atoms with van der Waals surface area (Å²) in [6.45, 7) is 6.27. The topological polar surface area (TPSA) is 49.4 Å². The third kappa shape index (κ3) is 3.48. The Morgan fingerprint density at radius 2 is 2.12 bits per heavy atom. The van der Waals surface area contributed by atoms with Gasteiger partial charge in [0.25, 0.3) is 0 Å². The highest BCUT2D eigenvalue weighted by molar-refractivity contribution is 5.90. The fraction of sp³-hybridized carbons (Fsp3) is 0.692. The van der Waals surface area contributed by atoms with Crippen LogP contribution in [0.4, 0.5) is 0 Å². The van der Waals surface area contributed by atoms with Gasteiger partial charge >= 0.3 is 0 Å². The van der Waals surface area contributed by atoms with Gasteiger partial charge in [-0.25, -0.2) is 0 Å². The molecule has 1 saturated heterocycles. The number of carbonyl (C=O) groups excluding carboxylic acids is 2. The smallest absolute Gasteiger partial charge is 0.246 e. The van der Waals surface area contributed by atoms with Crippen molar-refractivity contribution in [1.29, 1.82) is 0 Å². The molecule has 0 aromatic rings. The van der Waals surface area contributed by atoms with Gasteiger partial charge in [-0.2, -0.15) is 0 Å². The summed E-state index contributed by atoms with van der Waals surface area (Å²) in [7, 11) is 0. The first kappa shape index (κ1) is 13.6. The minimum Gasteiger partial charge on any atom is -0.344 e. The van der Waals surface area contributed by atoms with Gasteiger partial charge in [-0.05, 0) is 19.3 Å². The number of hydrogen-bond acceptors (Lipinski definition) is 2. The molecule has 0 bridgehead atoms. The largest absolute Gasteiger partial charge is 0.344 e. The van der Waals surface area contributed by atoms with E-state index >= 15 is 0 Å². The van der Waals surface area contributed by atoms with Crippen molar-refractivity contribution in [2.75, 3.05) is 6.54 Å². The number of hydrogen-bond donors (Lipinski definition) is 1. The van der Waals surface area contributed by atoms with Gasteiger partial charge in [0.15, 0.2) is 0 Å². The molecule has 2 atom stereocenters. The zero-order valence-corrected chi connectivity index (χ0v) is 10.7. The zero-order chi connectivity index (χ0) is 13.0. The molecule has 1 aliphatic rings. The summed E-state index contributed by atoms with van der Waals surface area (Å²) in [6.07, 6.45) is 6.33. The van der Waals surface area contributed by atoms with Gasteiger partial charge in [0.2, 0.25) is 11.8 Å². The molecule has 1 fully saturated rings. The van der Waals surface area contributed by atoms with E-state index in [1.807, 2.05) is 13.8 Å². The molecule has 17 heavy (non-hydrogen) atoms. The molecule has 2 unspecified atom stereocenters. The van der Waals surface area contributed by atoms with Crippen LogP contribution < -0.4 is 5.32 Å². The molecule has 0 aliphatic carbocycles. The summed E-state index contributed by atoms with van der Waals surface area (Å²) in [5.74, 6) is 2.77. The molecule has 1 rings (SSSR count). The van der Waals surface area contributed by atoms with E-state index in [-0.39, 0.29) is 17.9 Å².